The van der Waals surface area contributed by atoms with Crippen LogP contribution in [0.5, 0.6) is 0 Å². The number of esters is 1. The highest BCUT2D eigenvalue weighted by Crippen LogP contribution is 2.63. The summed E-state index contributed by atoms with van der Waals surface area (Å²) in [7, 11) is 0. The van der Waals surface area contributed by atoms with Crippen molar-refractivity contribution in [1.29, 1.82) is 0 Å². The van der Waals surface area contributed by atoms with Crippen LogP contribution in [-0.2, 0) is 16.0 Å². The number of rotatable bonds is 2. The second kappa shape index (κ2) is 6.97. The van der Waals surface area contributed by atoms with Gasteiger partial charge in [-0.1, -0.05) is 55.8 Å². The van der Waals surface area contributed by atoms with E-state index in [1.54, 1.807) is 0 Å². The normalized spacial score (nSPS) is 44.0. The van der Waals surface area contributed by atoms with Gasteiger partial charge in [-0.2, -0.15) is 0 Å². The molecule has 3 fully saturated rings. The molecule has 0 bridgehead atoms. The predicted octanol–water partition coefficient (Wildman–Crippen LogP) is 5.07. The van der Waals surface area contributed by atoms with Crippen molar-refractivity contribution < 1.29 is 14.6 Å². The third kappa shape index (κ3) is 3.08. The first-order chi connectivity index (χ1) is 13.9. The molecule has 4 aliphatic rings. The maximum Gasteiger partial charge on any atom is 0.306 e. The lowest BCUT2D eigenvalue weighted by atomic mass is 9.45. The maximum atomic E-state index is 12.7. The Labute approximate surface area is 174 Å². The third-order valence-electron chi connectivity index (χ3n) is 9.18. The van der Waals surface area contributed by atoms with E-state index in [1.165, 1.54) is 17.6 Å². The van der Waals surface area contributed by atoms with E-state index in [0.29, 0.717) is 24.2 Å². The van der Waals surface area contributed by atoms with E-state index in [0.717, 1.165) is 38.5 Å². The lowest BCUT2D eigenvalue weighted by Crippen LogP contribution is -2.58. The van der Waals surface area contributed by atoms with E-state index in [-0.39, 0.29) is 29.0 Å². The summed E-state index contributed by atoms with van der Waals surface area (Å²) in [6.07, 6.45) is 9.89. The quantitative estimate of drug-likeness (QED) is 0.562. The third-order valence-corrected chi connectivity index (χ3v) is 9.18. The van der Waals surface area contributed by atoms with E-state index in [2.05, 4.69) is 44.2 Å². The van der Waals surface area contributed by atoms with Crippen molar-refractivity contribution in [3.63, 3.8) is 0 Å². The van der Waals surface area contributed by atoms with Crippen LogP contribution in [0.1, 0.15) is 64.4 Å². The van der Waals surface area contributed by atoms with Crippen molar-refractivity contribution in [3.8, 4) is 0 Å². The van der Waals surface area contributed by atoms with Gasteiger partial charge in [0.15, 0.2) is 0 Å². The van der Waals surface area contributed by atoms with Crippen LogP contribution < -0.4 is 0 Å². The molecule has 0 unspecified atom stereocenters. The molecular weight excluding hydrogens is 360 g/mol. The molecule has 3 aliphatic carbocycles. The summed E-state index contributed by atoms with van der Waals surface area (Å²) in [5, 5.41) is 10.2. The number of aliphatic hydroxyl groups excluding tert-OH is 1. The molecular formula is C26H34O3. The zero-order chi connectivity index (χ0) is 20.2. The number of hydrogen-bond acceptors (Lipinski definition) is 3. The molecule has 156 valence electrons. The van der Waals surface area contributed by atoms with E-state index in [4.69, 9.17) is 4.74 Å². The van der Waals surface area contributed by atoms with Crippen LogP contribution in [0.15, 0.2) is 42.0 Å². The van der Waals surface area contributed by atoms with Gasteiger partial charge in [0, 0.05) is 18.3 Å². The minimum absolute atomic E-state index is 0.00643. The van der Waals surface area contributed by atoms with Crippen molar-refractivity contribution in [1.82, 2.24) is 0 Å². The van der Waals surface area contributed by atoms with Gasteiger partial charge >= 0.3 is 5.97 Å². The minimum Gasteiger partial charge on any atom is -0.461 e. The number of aliphatic hydroxyl groups is 1. The highest BCUT2D eigenvalue weighted by molar-refractivity contribution is 5.71. The fraction of sp³-hybridized carbons (Fsp3) is 0.654. The standard InChI is InChI=1S/C26H34O3/c1-25-12-10-19(27)15-18(25)8-9-20-21(25)11-13-26(2)22(20)16-24(28)29-23(26)14-17-6-4-3-5-7-17/h3-8,19-23,27H,9-16H2,1-2H3/t19-,20+,21-,22-,23-,25-,26-/m0/s1. The molecule has 3 heteroatoms. The number of benzene rings is 1. The van der Waals surface area contributed by atoms with Gasteiger partial charge in [0.2, 0.25) is 0 Å². The first-order valence-corrected chi connectivity index (χ1v) is 11.5. The summed E-state index contributed by atoms with van der Waals surface area (Å²) < 4.78 is 6.00. The lowest BCUT2D eigenvalue weighted by Gasteiger charge is -2.60. The number of cyclic esters (lactones) is 1. The average molecular weight is 395 g/mol. The number of carbonyl (C=O) groups is 1. The molecule has 7 atom stereocenters. The molecule has 1 N–H and O–H groups in total. The molecule has 1 aliphatic heterocycles. The summed E-state index contributed by atoms with van der Waals surface area (Å²) >= 11 is 0. The Hall–Kier alpha value is -1.61. The maximum absolute atomic E-state index is 12.7. The molecule has 0 amide bonds. The van der Waals surface area contributed by atoms with Crippen molar-refractivity contribution >= 4 is 5.97 Å². The summed E-state index contributed by atoms with van der Waals surface area (Å²) in [6, 6.07) is 10.5. The Morgan fingerprint density at radius 1 is 1.07 bits per heavy atom. The monoisotopic (exact) mass is 394 g/mol. The molecule has 1 saturated heterocycles. The number of allylic oxidation sites excluding steroid dienone is 1. The van der Waals surface area contributed by atoms with Crippen LogP contribution in [0.4, 0.5) is 0 Å². The Kier molecular flexibility index (Phi) is 4.66. The van der Waals surface area contributed by atoms with E-state index < -0.39 is 0 Å². The van der Waals surface area contributed by atoms with Gasteiger partial charge in [-0.3, -0.25) is 4.79 Å². The minimum atomic E-state index is -0.167. The SMILES string of the molecule is C[C@]12CC[C@H]3[C@@H](CC=C4C[C@@H](O)CC[C@@]43C)[C@@H]1CC(=O)O[C@H]2Cc1ccccc1. The number of fused-ring (bicyclic) bond motifs is 5. The fourth-order valence-corrected chi connectivity index (χ4v) is 7.40. The second-order valence-corrected chi connectivity index (χ2v) is 10.6. The fourth-order valence-electron chi connectivity index (χ4n) is 7.40. The van der Waals surface area contributed by atoms with E-state index in [9.17, 15) is 9.90 Å². The molecule has 1 aromatic rings. The van der Waals surface area contributed by atoms with Gasteiger partial charge in [-0.25, -0.2) is 0 Å². The van der Waals surface area contributed by atoms with Crippen molar-refractivity contribution in [3.05, 3.63) is 47.5 Å². The largest absolute Gasteiger partial charge is 0.461 e. The summed E-state index contributed by atoms with van der Waals surface area (Å²) in [4.78, 5) is 12.7. The Bertz CT molecular complexity index is 815. The van der Waals surface area contributed by atoms with Gasteiger partial charge in [-0.15, -0.1) is 0 Å². The van der Waals surface area contributed by atoms with Crippen LogP contribution in [0.2, 0.25) is 0 Å². The molecule has 1 aromatic carbocycles. The zero-order valence-corrected chi connectivity index (χ0v) is 17.8. The smallest absolute Gasteiger partial charge is 0.306 e. The molecule has 2 saturated carbocycles. The van der Waals surface area contributed by atoms with Gasteiger partial charge in [0.05, 0.1) is 6.10 Å². The highest BCUT2D eigenvalue weighted by Gasteiger charge is 2.59. The topological polar surface area (TPSA) is 46.5 Å². The van der Waals surface area contributed by atoms with Crippen LogP contribution in [-0.4, -0.2) is 23.3 Å². The van der Waals surface area contributed by atoms with Gasteiger partial charge < -0.3 is 9.84 Å². The van der Waals surface area contributed by atoms with Crippen molar-refractivity contribution in [2.45, 2.75) is 77.4 Å². The van der Waals surface area contributed by atoms with Crippen LogP contribution in [0.25, 0.3) is 0 Å². The van der Waals surface area contributed by atoms with Gasteiger partial charge in [0.25, 0.3) is 0 Å². The summed E-state index contributed by atoms with van der Waals surface area (Å²) in [6.45, 7) is 4.83. The Morgan fingerprint density at radius 2 is 1.86 bits per heavy atom. The Balaban J connectivity index is 1.45. The van der Waals surface area contributed by atoms with Crippen LogP contribution >= 0.6 is 0 Å². The molecule has 3 nitrogen and oxygen atoms in total. The van der Waals surface area contributed by atoms with E-state index in [1.807, 2.05) is 6.07 Å². The van der Waals surface area contributed by atoms with Gasteiger partial charge in [-0.05, 0) is 67.3 Å². The Morgan fingerprint density at radius 3 is 2.66 bits per heavy atom. The lowest BCUT2D eigenvalue weighted by molar-refractivity contribution is -0.191. The van der Waals surface area contributed by atoms with Crippen molar-refractivity contribution in [2.24, 2.45) is 28.6 Å². The average Bonchev–Trinajstić information content (AvgIpc) is 2.70. The number of hydrogen-bond donors (Lipinski definition) is 1. The van der Waals surface area contributed by atoms with E-state index >= 15 is 0 Å². The zero-order valence-electron chi connectivity index (χ0n) is 17.8. The molecule has 0 radical (unpaired) electrons. The first-order valence-electron chi connectivity index (χ1n) is 11.5. The molecule has 0 spiro atoms. The summed E-state index contributed by atoms with van der Waals surface area (Å²) in [5.74, 6) is 1.59. The molecule has 0 aromatic heterocycles. The van der Waals surface area contributed by atoms with Crippen LogP contribution in [0, 0.1) is 28.6 Å². The van der Waals surface area contributed by atoms with Gasteiger partial charge in [0.1, 0.15) is 6.10 Å². The predicted molar refractivity (Wildman–Crippen MR) is 113 cm³/mol. The molecule has 5 rings (SSSR count). The number of ether oxygens (including phenoxy) is 1. The van der Waals surface area contributed by atoms with Crippen molar-refractivity contribution in [2.75, 3.05) is 0 Å². The highest BCUT2D eigenvalue weighted by atomic mass is 16.5. The molecule has 29 heavy (non-hydrogen) atoms. The second-order valence-electron chi connectivity index (χ2n) is 10.6. The first kappa shape index (κ1) is 19.4. The molecule has 1 heterocycles. The summed E-state index contributed by atoms with van der Waals surface area (Å²) in [5.41, 5.74) is 3.01. The van der Waals surface area contributed by atoms with Crippen LogP contribution in [0.3, 0.4) is 0 Å². The number of carbonyl (C=O) groups excluding carboxylic acids is 1.